The van der Waals surface area contributed by atoms with Gasteiger partial charge in [-0.05, 0) is 83.2 Å². The lowest BCUT2D eigenvalue weighted by molar-refractivity contribution is 0.0496. The van der Waals surface area contributed by atoms with Gasteiger partial charge in [-0.25, -0.2) is 18.6 Å². The van der Waals surface area contributed by atoms with Gasteiger partial charge in [-0.15, -0.1) is 0 Å². The number of aromatic nitrogens is 1. The van der Waals surface area contributed by atoms with Crippen molar-refractivity contribution in [3.8, 4) is 0 Å². The summed E-state index contributed by atoms with van der Waals surface area (Å²) in [5.41, 5.74) is -0.114. The van der Waals surface area contributed by atoms with Gasteiger partial charge in [-0.3, -0.25) is 0 Å². The maximum atomic E-state index is 13.6. The third kappa shape index (κ3) is 6.46. The second kappa shape index (κ2) is 8.61. The van der Waals surface area contributed by atoms with E-state index >= 15 is 0 Å². The van der Waals surface area contributed by atoms with Crippen molar-refractivity contribution in [2.24, 2.45) is 5.92 Å². The Balaban J connectivity index is 2.25. The van der Waals surface area contributed by atoms with Gasteiger partial charge in [0.05, 0.1) is 11.7 Å². The average Bonchev–Trinajstić information content (AvgIpc) is 2.46. The van der Waals surface area contributed by atoms with Gasteiger partial charge in [0, 0.05) is 17.0 Å². The highest BCUT2D eigenvalue weighted by Gasteiger charge is 2.27. The fourth-order valence-electron chi connectivity index (χ4n) is 2.61. The summed E-state index contributed by atoms with van der Waals surface area (Å²) in [5.74, 6) is -1.55. The van der Waals surface area contributed by atoms with E-state index in [1.165, 1.54) is 6.08 Å². The molecule has 0 aromatic carbocycles. The molecule has 0 fully saturated rings. The van der Waals surface area contributed by atoms with Crippen molar-refractivity contribution in [1.29, 1.82) is 0 Å². The van der Waals surface area contributed by atoms with Crippen molar-refractivity contribution in [1.82, 2.24) is 10.3 Å². The Labute approximate surface area is 168 Å². The molecular weight excluding hydrogens is 474 g/mol. The molecule has 0 aliphatic heterocycles. The van der Waals surface area contributed by atoms with Gasteiger partial charge in [0.15, 0.2) is 0 Å². The highest BCUT2D eigenvalue weighted by Crippen LogP contribution is 2.34. The SMILES string of the molecule is CC(C)(C)OC(=O)N[C@@H](CC1C=C(F)C=C(F)C1)c1nc(Br)ccc1Br. The summed E-state index contributed by atoms with van der Waals surface area (Å²) in [6, 6.07) is 2.95. The van der Waals surface area contributed by atoms with E-state index < -0.39 is 35.3 Å². The molecule has 1 aliphatic rings. The van der Waals surface area contributed by atoms with Crippen molar-refractivity contribution in [3.05, 3.63) is 50.7 Å². The molecule has 1 amide bonds. The zero-order valence-electron chi connectivity index (χ0n) is 14.7. The average molecular weight is 494 g/mol. The third-order valence-corrected chi connectivity index (χ3v) is 4.66. The zero-order valence-corrected chi connectivity index (χ0v) is 17.8. The maximum absolute atomic E-state index is 13.6. The summed E-state index contributed by atoms with van der Waals surface area (Å²) in [6.45, 7) is 5.27. The summed E-state index contributed by atoms with van der Waals surface area (Å²) in [4.78, 5) is 16.6. The van der Waals surface area contributed by atoms with E-state index in [0.717, 1.165) is 6.08 Å². The van der Waals surface area contributed by atoms with Crippen LogP contribution in [0, 0.1) is 5.92 Å². The van der Waals surface area contributed by atoms with Crippen LogP contribution in [0.2, 0.25) is 0 Å². The summed E-state index contributed by atoms with van der Waals surface area (Å²) in [7, 11) is 0. The molecule has 1 N–H and O–H groups in total. The Kier molecular flexibility index (Phi) is 6.96. The number of hydrogen-bond donors (Lipinski definition) is 1. The van der Waals surface area contributed by atoms with Crippen LogP contribution in [0.5, 0.6) is 0 Å². The van der Waals surface area contributed by atoms with Gasteiger partial charge < -0.3 is 10.1 Å². The second-order valence-electron chi connectivity index (χ2n) is 7.04. The number of carbonyl (C=O) groups is 1. The molecule has 0 saturated carbocycles. The Morgan fingerprint density at radius 1 is 1.38 bits per heavy atom. The van der Waals surface area contributed by atoms with Gasteiger partial charge in [0.1, 0.15) is 21.9 Å². The number of hydrogen-bond acceptors (Lipinski definition) is 3. The largest absolute Gasteiger partial charge is 0.444 e. The van der Waals surface area contributed by atoms with Crippen molar-refractivity contribution in [3.63, 3.8) is 0 Å². The molecule has 2 rings (SSSR count). The minimum atomic E-state index is -0.664. The number of nitrogens with zero attached hydrogens (tertiary/aromatic N) is 1. The van der Waals surface area contributed by atoms with E-state index in [4.69, 9.17) is 4.74 Å². The van der Waals surface area contributed by atoms with Crippen LogP contribution in [-0.2, 0) is 4.74 Å². The highest BCUT2D eigenvalue weighted by atomic mass is 79.9. The number of allylic oxidation sites excluding steroid dienone is 4. The molecule has 0 saturated heterocycles. The molecule has 1 aliphatic carbocycles. The molecule has 0 bridgehead atoms. The minimum Gasteiger partial charge on any atom is -0.444 e. The van der Waals surface area contributed by atoms with E-state index in [9.17, 15) is 13.6 Å². The predicted molar refractivity (Wildman–Crippen MR) is 103 cm³/mol. The summed E-state index contributed by atoms with van der Waals surface area (Å²) in [5, 5.41) is 2.77. The first-order valence-corrected chi connectivity index (χ1v) is 9.67. The van der Waals surface area contributed by atoms with E-state index in [-0.39, 0.29) is 12.8 Å². The van der Waals surface area contributed by atoms with Gasteiger partial charge in [-0.2, -0.15) is 0 Å². The smallest absolute Gasteiger partial charge is 0.408 e. The zero-order chi connectivity index (χ0) is 19.5. The predicted octanol–water partition coefficient (Wildman–Crippen LogP) is 6.29. The fraction of sp³-hybridized carbons (Fsp3) is 0.444. The molecular formula is C18H20Br2F2N2O2. The fourth-order valence-corrected chi connectivity index (χ4v) is 3.43. The van der Waals surface area contributed by atoms with E-state index in [1.807, 2.05) is 0 Å². The lowest BCUT2D eigenvalue weighted by atomic mass is 9.91. The maximum Gasteiger partial charge on any atom is 0.408 e. The van der Waals surface area contributed by atoms with Crippen LogP contribution in [-0.4, -0.2) is 16.7 Å². The van der Waals surface area contributed by atoms with Gasteiger partial charge >= 0.3 is 6.09 Å². The van der Waals surface area contributed by atoms with Crippen LogP contribution >= 0.6 is 31.9 Å². The summed E-state index contributed by atoms with van der Waals surface area (Å²) in [6.07, 6.45) is 1.97. The van der Waals surface area contributed by atoms with Crippen molar-refractivity contribution < 1.29 is 18.3 Å². The Morgan fingerprint density at radius 2 is 2.08 bits per heavy atom. The van der Waals surface area contributed by atoms with Crippen LogP contribution < -0.4 is 5.32 Å². The Bertz CT molecular complexity index is 745. The van der Waals surface area contributed by atoms with Crippen LogP contribution in [0.25, 0.3) is 0 Å². The number of nitrogens with one attached hydrogen (secondary N) is 1. The van der Waals surface area contributed by atoms with Crippen LogP contribution in [0.15, 0.2) is 45.0 Å². The van der Waals surface area contributed by atoms with E-state index in [0.29, 0.717) is 14.8 Å². The highest BCUT2D eigenvalue weighted by molar-refractivity contribution is 9.11. The summed E-state index contributed by atoms with van der Waals surface area (Å²) < 4.78 is 33.7. The molecule has 0 radical (unpaired) electrons. The molecule has 1 unspecified atom stereocenters. The molecule has 1 aromatic heterocycles. The number of rotatable bonds is 4. The lowest BCUT2D eigenvalue weighted by Gasteiger charge is -2.26. The van der Waals surface area contributed by atoms with Gasteiger partial charge in [0.2, 0.25) is 0 Å². The monoisotopic (exact) mass is 492 g/mol. The van der Waals surface area contributed by atoms with Crippen molar-refractivity contribution >= 4 is 38.0 Å². The molecule has 1 heterocycles. The summed E-state index contributed by atoms with van der Waals surface area (Å²) >= 11 is 6.73. The molecule has 1 aromatic rings. The number of amides is 1. The molecule has 0 spiro atoms. The van der Waals surface area contributed by atoms with Crippen LogP contribution in [0.3, 0.4) is 0 Å². The topological polar surface area (TPSA) is 51.2 Å². The van der Waals surface area contributed by atoms with Gasteiger partial charge in [0.25, 0.3) is 0 Å². The van der Waals surface area contributed by atoms with Crippen molar-refractivity contribution in [2.45, 2.75) is 45.3 Å². The number of alkyl carbamates (subject to hydrolysis) is 1. The molecule has 26 heavy (non-hydrogen) atoms. The normalized spacial score (nSPS) is 18.7. The Morgan fingerprint density at radius 3 is 2.69 bits per heavy atom. The molecule has 2 atom stereocenters. The standard InChI is InChI=1S/C18H20Br2F2N2O2/c1-18(2,3)26-17(25)23-14(16-13(19)4-5-15(20)24-16)8-10-6-11(21)9-12(22)7-10/h4-6,9-10,14H,7-8H2,1-3H3,(H,23,25)/t10?,14-/m0/s1. The molecule has 8 heteroatoms. The van der Waals surface area contributed by atoms with Crippen LogP contribution in [0.4, 0.5) is 13.6 Å². The first kappa shape index (κ1) is 21.0. The van der Waals surface area contributed by atoms with E-state index in [1.54, 1.807) is 32.9 Å². The third-order valence-electron chi connectivity index (χ3n) is 3.55. The second-order valence-corrected chi connectivity index (χ2v) is 8.71. The first-order chi connectivity index (χ1) is 12.0. The molecule has 4 nitrogen and oxygen atoms in total. The number of ether oxygens (including phenoxy) is 1. The molecule has 142 valence electrons. The van der Waals surface area contributed by atoms with Crippen LogP contribution in [0.1, 0.15) is 45.3 Å². The van der Waals surface area contributed by atoms with E-state index in [2.05, 4.69) is 42.2 Å². The number of carbonyl (C=O) groups excluding carboxylic acids is 1. The van der Waals surface area contributed by atoms with Gasteiger partial charge in [-0.1, -0.05) is 0 Å². The first-order valence-electron chi connectivity index (χ1n) is 8.08. The number of halogens is 4. The lowest BCUT2D eigenvalue weighted by Crippen LogP contribution is -2.36. The van der Waals surface area contributed by atoms with Crippen molar-refractivity contribution in [2.75, 3.05) is 0 Å². The number of pyridine rings is 1. The Hall–Kier alpha value is -1.28. The quantitative estimate of drug-likeness (QED) is 0.501. The minimum absolute atomic E-state index is 0.0749.